The standard InChI is InChI=1S/C9H18N4O/c1-12-8(14)13(2)11-9(10-12)6-4-3-5-7-9/h10-11H,3-7H2,1-2H3. The summed E-state index contributed by atoms with van der Waals surface area (Å²) in [5.74, 6) is 0. The van der Waals surface area contributed by atoms with Crippen LogP contribution in [0.5, 0.6) is 0 Å². The Kier molecular flexibility index (Phi) is 2.36. The molecule has 0 radical (unpaired) electrons. The summed E-state index contributed by atoms with van der Waals surface area (Å²) >= 11 is 0. The molecular weight excluding hydrogens is 180 g/mol. The van der Waals surface area contributed by atoms with Crippen molar-refractivity contribution in [2.24, 2.45) is 0 Å². The zero-order chi connectivity index (χ0) is 10.2. The third kappa shape index (κ3) is 1.57. The van der Waals surface area contributed by atoms with Gasteiger partial charge in [-0.2, -0.15) is 0 Å². The second kappa shape index (κ2) is 3.40. The molecule has 0 aromatic heterocycles. The van der Waals surface area contributed by atoms with Gasteiger partial charge >= 0.3 is 6.03 Å². The average Bonchev–Trinajstić information content (AvgIpc) is 2.15. The first-order valence-corrected chi connectivity index (χ1v) is 5.20. The first-order chi connectivity index (χ1) is 6.63. The molecule has 0 aromatic carbocycles. The molecule has 5 heteroatoms. The molecule has 1 saturated carbocycles. The summed E-state index contributed by atoms with van der Waals surface area (Å²) in [7, 11) is 3.55. The number of carbonyl (C=O) groups is 1. The molecule has 80 valence electrons. The molecule has 0 atom stereocenters. The molecule has 5 nitrogen and oxygen atoms in total. The van der Waals surface area contributed by atoms with E-state index in [2.05, 4.69) is 10.9 Å². The molecule has 2 rings (SSSR count). The van der Waals surface area contributed by atoms with E-state index in [0.717, 1.165) is 12.8 Å². The van der Waals surface area contributed by atoms with E-state index in [1.54, 1.807) is 24.1 Å². The van der Waals surface area contributed by atoms with Gasteiger partial charge in [0.1, 0.15) is 5.66 Å². The quantitative estimate of drug-likeness (QED) is 0.601. The first kappa shape index (κ1) is 9.73. The van der Waals surface area contributed by atoms with E-state index in [4.69, 9.17) is 0 Å². The molecule has 1 saturated heterocycles. The van der Waals surface area contributed by atoms with E-state index in [1.165, 1.54) is 19.3 Å². The van der Waals surface area contributed by atoms with Crippen molar-refractivity contribution in [2.45, 2.75) is 37.8 Å². The fraction of sp³-hybridized carbons (Fsp3) is 0.889. The number of amides is 2. The summed E-state index contributed by atoms with van der Waals surface area (Å²) in [6, 6.07) is -0.0406. The normalized spacial score (nSPS) is 27.1. The van der Waals surface area contributed by atoms with Crippen molar-refractivity contribution < 1.29 is 4.79 Å². The van der Waals surface area contributed by atoms with Crippen molar-refractivity contribution in [1.82, 2.24) is 20.9 Å². The lowest BCUT2D eigenvalue weighted by Crippen LogP contribution is -2.74. The predicted octanol–water partition coefficient (Wildman–Crippen LogP) is 0.653. The van der Waals surface area contributed by atoms with Crippen molar-refractivity contribution in [3.63, 3.8) is 0 Å². The number of rotatable bonds is 0. The van der Waals surface area contributed by atoms with Crippen LogP contribution >= 0.6 is 0 Å². The number of nitrogens with one attached hydrogen (secondary N) is 2. The zero-order valence-corrected chi connectivity index (χ0v) is 8.84. The maximum absolute atomic E-state index is 11.5. The van der Waals surface area contributed by atoms with Crippen LogP contribution in [-0.4, -0.2) is 35.8 Å². The molecule has 2 N–H and O–H groups in total. The van der Waals surface area contributed by atoms with Crippen molar-refractivity contribution in [3.8, 4) is 0 Å². The molecule has 1 aliphatic heterocycles. The Morgan fingerprint density at radius 2 is 1.57 bits per heavy atom. The highest BCUT2D eigenvalue weighted by Crippen LogP contribution is 2.28. The Morgan fingerprint density at radius 1 is 1.07 bits per heavy atom. The maximum Gasteiger partial charge on any atom is 0.348 e. The fourth-order valence-electron chi connectivity index (χ4n) is 2.37. The van der Waals surface area contributed by atoms with Crippen molar-refractivity contribution in [1.29, 1.82) is 0 Å². The Labute approximate surface area is 84.4 Å². The second-order valence-corrected chi connectivity index (χ2v) is 4.27. The molecule has 1 aliphatic carbocycles. The summed E-state index contributed by atoms with van der Waals surface area (Å²) < 4.78 is 0. The van der Waals surface area contributed by atoms with Crippen LogP contribution in [-0.2, 0) is 0 Å². The molecular formula is C9H18N4O. The molecule has 1 heterocycles. The Balaban J connectivity index is 2.10. The van der Waals surface area contributed by atoms with Crippen LogP contribution in [0.2, 0.25) is 0 Å². The lowest BCUT2D eigenvalue weighted by atomic mass is 9.90. The topological polar surface area (TPSA) is 47.6 Å². The van der Waals surface area contributed by atoms with Crippen LogP contribution < -0.4 is 10.9 Å². The fourth-order valence-corrected chi connectivity index (χ4v) is 2.37. The predicted molar refractivity (Wildman–Crippen MR) is 53.0 cm³/mol. The van der Waals surface area contributed by atoms with E-state index in [0.29, 0.717) is 0 Å². The van der Waals surface area contributed by atoms with Crippen LogP contribution in [0.4, 0.5) is 4.79 Å². The van der Waals surface area contributed by atoms with Gasteiger partial charge in [-0.1, -0.05) is 19.3 Å². The van der Waals surface area contributed by atoms with Crippen LogP contribution in [0.3, 0.4) is 0 Å². The van der Waals surface area contributed by atoms with E-state index >= 15 is 0 Å². The summed E-state index contributed by atoms with van der Waals surface area (Å²) in [4.78, 5) is 11.5. The number of carbonyl (C=O) groups excluding carboxylic acids is 1. The van der Waals surface area contributed by atoms with Gasteiger partial charge in [0.25, 0.3) is 0 Å². The van der Waals surface area contributed by atoms with Crippen molar-refractivity contribution in [3.05, 3.63) is 0 Å². The van der Waals surface area contributed by atoms with Gasteiger partial charge in [0.2, 0.25) is 0 Å². The van der Waals surface area contributed by atoms with E-state index < -0.39 is 0 Å². The number of hydrazine groups is 2. The molecule has 1 spiro atoms. The van der Waals surface area contributed by atoms with Gasteiger partial charge < -0.3 is 0 Å². The molecule has 2 fully saturated rings. The first-order valence-electron chi connectivity index (χ1n) is 5.20. The van der Waals surface area contributed by atoms with Gasteiger partial charge in [-0.15, -0.1) is 0 Å². The van der Waals surface area contributed by atoms with Crippen molar-refractivity contribution in [2.75, 3.05) is 14.1 Å². The molecule has 0 unspecified atom stereocenters. The largest absolute Gasteiger partial charge is 0.348 e. The highest BCUT2D eigenvalue weighted by atomic mass is 16.2. The minimum absolute atomic E-state index is 0.0406. The summed E-state index contributed by atoms with van der Waals surface area (Å²) in [6.07, 6.45) is 5.89. The highest BCUT2D eigenvalue weighted by Gasteiger charge is 2.39. The minimum atomic E-state index is -0.0876. The van der Waals surface area contributed by atoms with Crippen LogP contribution in [0.1, 0.15) is 32.1 Å². The van der Waals surface area contributed by atoms with Crippen molar-refractivity contribution >= 4 is 6.03 Å². The SMILES string of the molecule is CN1NC2(CCCCC2)NN(C)C1=O. The van der Waals surface area contributed by atoms with Crippen LogP contribution in [0, 0.1) is 0 Å². The second-order valence-electron chi connectivity index (χ2n) is 4.27. The Hall–Kier alpha value is -0.810. The smallest absolute Gasteiger partial charge is 0.260 e. The van der Waals surface area contributed by atoms with Gasteiger partial charge in [-0.05, 0) is 12.8 Å². The van der Waals surface area contributed by atoms with Gasteiger partial charge in [-0.25, -0.2) is 15.6 Å². The molecule has 2 aliphatic rings. The third-order valence-electron chi connectivity index (χ3n) is 3.04. The minimum Gasteiger partial charge on any atom is -0.260 e. The average molecular weight is 198 g/mol. The van der Waals surface area contributed by atoms with Crippen LogP contribution in [0.15, 0.2) is 0 Å². The summed E-state index contributed by atoms with van der Waals surface area (Å²) in [5, 5.41) is 3.14. The number of nitrogens with zero attached hydrogens (tertiary/aromatic N) is 2. The molecule has 2 amide bonds. The summed E-state index contributed by atoms with van der Waals surface area (Å²) in [5.41, 5.74) is 6.40. The van der Waals surface area contributed by atoms with Gasteiger partial charge in [0.05, 0.1) is 0 Å². The van der Waals surface area contributed by atoms with Gasteiger partial charge in [0.15, 0.2) is 0 Å². The Bertz CT molecular complexity index is 221. The highest BCUT2D eigenvalue weighted by molar-refractivity contribution is 5.73. The maximum atomic E-state index is 11.5. The molecule has 0 aromatic rings. The third-order valence-corrected chi connectivity index (χ3v) is 3.04. The molecule has 14 heavy (non-hydrogen) atoms. The summed E-state index contributed by atoms with van der Waals surface area (Å²) in [6.45, 7) is 0. The Morgan fingerprint density at radius 3 is 2.07 bits per heavy atom. The van der Waals surface area contributed by atoms with Gasteiger partial charge in [0, 0.05) is 14.1 Å². The number of hydrogen-bond acceptors (Lipinski definition) is 3. The van der Waals surface area contributed by atoms with E-state index in [1.807, 2.05) is 0 Å². The molecule has 0 bridgehead atoms. The monoisotopic (exact) mass is 198 g/mol. The number of urea groups is 1. The lowest BCUT2D eigenvalue weighted by Gasteiger charge is -2.48. The zero-order valence-electron chi connectivity index (χ0n) is 8.84. The van der Waals surface area contributed by atoms with E-state index in [9.17, 15) is 4.79 Å². The van der Waals surface area contributed by atoms with Gasteiger partial charge in [-0.3, -0.25) is 10.0 Å². The van der Waals surface area contributed by atoms with Crippen LogP contribution in [0.25, 0.3) is 0 Å². The lowest BCUT2D eigenvalue weighted by molar-refractivity contribution is -0.0178. The van der Waals surface area contributed by atoms with E-state index in [-0.39, 0.29) is 11.7 Å². The number of hydrogen-bond donors (Lipinski definition) is 2.